The molecule has 4 nitrogen and oxygen atoms in total. The lowest BCUT2D eigenvalue weighted by molar-refractivity contribution is 0.291. The van der Waals surface area contributed by atoms with E-state index in [1.807, 2.05) is 4.68 Å². The van der Waals surface area contributed by atoms with E-state index in [2.05, 4.69) is 29.2 Å². The van der Waals surface area contributed by atoms with Gasteiger partial charge in [-0.25, -0.2) is 9.67 Å². The number of nitrogens with one attached hydrogen (secondary N) is 1. The number of rotatable bonds is 6. The topological polar surface area (TPSA) is 42.7 Å². The van der Waals surface area contributed by atoms with Crippen molar-refractivity contribution in [3.8, 4) is 0 Å². The third-order valence-corrected chi connectivity index (χ3v) is 3.37. The van der Waals surface area contributed by atoms with Crippen molar-refractivity contribution >= 4 is 0 Å². The first-order valence-corrected chi connectivity index (χ1v) is 6.36. The molecular formula is C12H22N4. The zero-order valence-electron chi connectivity index (χ0n) is 10.3. The van der Waals surface area contributed by atoms with Crippen molar-refractivity contribution in [3.63, 3.8) is 0 Å². The largest absolute Gasteiger partial charge is 0.310 e. The van der Waals surface area contributed by atoms with Gasteiger partial charge in [-0.05, 0) is 32.7 Å². The van der Waals surface area contributed by atoms with Crippen molar-refractivity contribution in [1.29, 1.82) is 0 Å². The second-order valence-electron chi connectivity index (χ2n) is 4.98. The zero-order valence-corrected chi connectivity index (χ0v) is 10.3. The maximum absolute atomic E-state index is 4.28. The fourth-order valence-corrected chi connectivity index (χ4v) is 2.12. The van der Waals surface area contributed by atoms with E-state index in [0.717, 1.165) is 24.8 Å². The average molecular weight is 222 g/mol. The highest BCUT2D eigenvalue weighted by atomic mass is 15.3. The molecule has 1 aliphatic carbocycles. The van der Waals surface area contributed by atoms with Crippen molar-refractivity contribution < 1.29 is 0 Å². The standard InChI is InChI=1S/C12H22N4/c1-10(2)16-12(14-9-15-16)8-13-7-6-11-4-3-5-11/h9-11,13H,3-8H2,1-2H3. The molecule has 16 heavy (non-hydrogen) atoms. The Kier molecular flexibility index (Phi) is 3.93. The molecule has 1 N–H and O–H groups in total. The van der Waals surface area contributed by atoms with Crippen LogP contribution in [-0.4, -0.2) is 21.3 Å². The molecule has 0 spiro atoms. The Bertz CT molecular complexity index is 315. The molecule has 0 amide bonds. The van der Waals surface area contributed by atoms with Gasteiger partial charge in [-0.15, -0.1) is 0 Å². The van der Waals surface area contributed by atoms with Crippen LogP contribution in [0.25, 0.3) is 0 Å². The van der Waals surface area contributed by atoms with Gasteiger partial charge in [0.05, 0.1) is 6.54 Å². The van der Waals surface area contributed by atoms with Gasteiger partial charge in [-0.1, -0.05) is 19.3 Å². The molecule has 1 aromatic rings. The summed E-state index contributed by atoms with van der Waals surface area (Å²) in [4.78, 5) is 4.28. The van der Waals surface area contributed by atoms with E-state index in [4.69, 9.17) is 0 Å². The highest BCUT2D eigenvalue weighted by Crippen LogP contribution is 2.28. The summed E-state index contributed by atoms with van der Waals surface area (Å²) in [5.74, 6) is 2.03. The maximum atomic E-state index is 4.28. The van der Waals surface area contributed by atoms with E-state index in [9.17, 15) is 0 Å². The van der Waals surface area contributed by atoms with Crippen molar-refractivity contribution in [2.45, 2.75) is 52.1 Å². The van der Waals surface area contributed by atoms with E-state index in [1.54, 1.807) is 6.33 Å². The molecule has 0 unspecified atom stereocenters. The van der Waals surface area contributed by atoms with E-state index in [-0.39, 0.29) is 0 Å². The second-order valence-corrected chi connectivity index (χ2v) is 4.98. The van der Waals surface area contributed by atoms with Crippen LogP contribution in [0, 0.1) is 5.92 Å². The molecule has 0 saturated heterocycles. The first-order chi connectivity index (χ1) is 7.77. The smallest absolute Gasteiger partial charge is 0.141 e. The summed E-state index contributed by atoms with van der Waals surface area (Å²) in [6.07, 6.45) is 7.26. The van der Waals surface area contributed by atoms with Gasteiger partial charge in [0.2, 0.25) is 0 Å². The number of hydrogen-bond donors (Lipinski definition) is 1. The van der Waals surface area contributed by atoms with Crippen LogP contribution < -0.4 is 5.32 Å². The lowest BCUT2D eigenvalue weighted by Crippen LogP contribution is -2.23. The third kappa shape index (κ3) is 2.82. The third-order valence-electron chi connectivity index (χ3n) is 3.37. The Hall–Kier alpha value is -0.900. The quantitative estimate of drug-likeness (QED) is 0.750. The Morgan fingerprint density at radius 1 is 1.50 bits per heavy atom. The normalized spacial score (nSPS) is 16.7. The molecule has 0 aromatic carbocycles. The number of aromatic nitrogens is 3. The van der Waals surface area contributed by atoms with Crippen molar-refractivity contribution in [2.75, 3.05) is 6.54 Å². The first-order valence-electron chi connectivity index (χ1n) is 6.36. The average Bonchev–Trinajstić information content (AvgIpc) is 2.62. The molecule has 90 valence electrons. The molecule has 0 radical (unpaired) electrons. The summed E-state index contributed by atoms with van der Waals surface area (Å²) in [6.45, 7) is 6.21. The van der Waals surface area contributed by atoms with Crippen LogP contribution in [0.1, 0.15) is 51.4 Å². The van der Waals surface area contributed by atoms with Crippen molar-refractivity contribution in [1.82, 2.24) is 20.1 Å². The van der Waals surface area contributed by atoms with Crippen LogP contribution in [0.5, 0.6) is 0 Å². The lowest BCUT2D eigenvalue weighted by atomic mass is 9.83. The summed E-state index contributed by atoms with van der Waals surface area (Å²) < 4.78 is 1.98. The fourth-order valence-electron chi connectivity index (χ4n) is 2.12. The van der Waals surface area contributed by atoms with Crippen molar-refractivity contribution in [3.05, 3.63) is 12.2 Å². The fraction of sp³-hybridized carbons (Fsp3) is 0.833. The van der Waals surface area contributed by atoms with E-state index in [0.29, 0.717) is 6.04 Å². The van der Waals surface area contributed by atoms with Gasteiger partial charge in [0.1, 0.15) is 12.2 Å². The van der Waals surface area contributed by atoms with Gasteiger partial charge in [-0.2, -0.15) is 5.10 Å². The molecule has 1 fully saturated rings. The van der Waals surface area contributed by atoms with Crippen LogP contribution in [0.2, 0.25) is 0 Å². The molecule has 0 bridgehead atoms. The van der Waals surface area contributed by atoms with Gasteiger partial charge in [0.15, 0.2) is 0 Å². The molecule has 1 heterocycles. The summed E-state index contributed by atoms with van der Waals surface area (Å²) >= 11 is 0. The van der Waals surface area contributed by atoms with Gasteiger partial charge < -0.3 is 5.32 Å². The molecule has 2 rings (SSSR count). The number of hydrogen-bond acceptors (Lipinski definition) is 3. The summed E-state index contributed by atoms with van der Waals surface area (Å²) in [5, 5.41) is 7.68. The van der Waals surface area contributed by atoms with Crippen molar-refractivity contribution in [2.24, 2.45) is 5.92 Å². The molecule has 1 aromatic heterocycles. The highest BCUT2D eigenvalue weighted by molar-refractivity contribution is 4.85. The molecule has 4 heteroatoms. The van der Waals surface area contributed by atoms with Gasteiger partial charge >= 0.3 is 0 Å². The van der Waals surface area contributed by atoms with Gasteiger partial charge in [-0.3, -0.25) is 0 Å². The van der Waals surface area contributed by atoms with Crippen LogP contribution in [0.4, 0.5) is 0 Å². The number of nitrogens with zero attached hydrogens (tertiary/aromatic N) is 3. The first kappa shape index (κ1) is 11.6. The van der Waals surface area contributed by atoms with E-state index < -0.39 is 0 Å². The van der Waals surface area contributed by atoms with Crippen LogP contribution >= 0.6 is 0 Å². The van der Waals surface area contributed by atoms with Crippen LogP contribution in [-0.2, 0) is 6.54 Å². The second kappa shape index (κ2) is 5.43. The monoisotopic (exact) mass is 222 g/mol. The minimum Gasteiger partial charge on any atom is -0.310 e. The molecular weight excluding hydrogens is 200 g/mol. The Labute approximate surface area is 97.5 Å². The molecule has 0 aliphatic heterocycles. The summed E-state index contributed by atoms with van der Waals surface area (Å²) in [5.41, 5.74) is 0. The minimum absolute atomic E-state index is 0.394. The maximum Gasteiger partial charge on any atom is 0.141 e. The highest BCUT2D eigenvalue weighted by Gasteiger charge is 2.16. The Morgan fingerprint density at radius 3 is 2.94 bits per heavy atom. The predicted molar refractivity (Wildman–Crippen MR) is 64.1 cm³/mol. The SMILES string of the molecule is CC(C)n1ncnc1CNCCC1CCC1. The Morgan fingerprint density at radius 2 is 2.31 bits per heavy atom. The Balaban J connectivity index is 1.69. The van der Waals surface area contributed by atoms with Gasteiger partial charge in [0.25, 0.3) is 0 Å². The predicted octanol–water partition coefficient (Wildman–Crippen LogP) is 2.14. The summed E-state index contributed by atoms with van der Waals surface area (Å²) in [6, 6.07) is 0.394. The lowest BCUT2D eigenvalue weighted by Gasteiger charge is -2.25. The summed E-state index contributed by atoms with van der Waals surface area (Å²) in [7, 11) is 0. The zero-order chi connectivity index (χ0) is 11.4. The molecule has 0 atom stereocenters. The molecule has 1 saturated carbocycles. The van der Waals surface area contributed by atoms with E-state index >= 15 is 0 Å². The van der Waals surface area contributed by atoms with E-state index in [1.165, 1.54) is 25.7 Å². The van der Waals surface area contributed by atoms with Crippen LogP contribution in [0.15, 0.2) is 6.33 Å². The van der Waals surface area contributed by atoms with Crippen LogP contribution in [0.3, 0.4) is 0 Å². The van der Waals surface area contributed by atoms with Gasteiger partial charge in [0, 0.05) is 6.04 Å². The molecule has 1 aliphatic rings. The minimum atomic E-state index is 0.394.